The topological polar surface area (TPSA) is 206 Å². The molecule has 1 atom stereocenters. The molecule has 6 rings (SSSR count). The first-order valence-electron chi connectivity index (χ1n) is 18.0. The maximum absolute atomic E-state index is 13.8. The third-order valence-corrected chi connectivity index (χ3v) is 10.1. The van der Waals surface area contributed by atoms with Crippen LogP contribution in [0.3, 0.4) is 0 Å². The van der Waals surface area contributed by atoms with Gasteiger partial charge in [-0.15, -0.1) is 10.2 Å². The number of nitrogens with one attached hydrogen (secondary N) is 4. The lowest BCUT2D eigenvalue weighted by molar-refractivity contribution is -0.130. The lowest BCUT2D eigenvalue weighted by Crippen LogP contribution is -2.49. The summed E-state index contributed by atoms with van der Waals surface area (Å²) in [5.74, 6) is -0.265. The molecular formula is C38H45N9O6. The van der Waals surface area contributed by atoms with Crippen molar-refractivity contribution in [3.05, 3.63) is 83.9 Å². The molecule has 15 heteroatoms. The minimum absolute atomic E-state index is 0.0200. The van der Waals surface area contributed by atoms with Gasteiger partial charge < -0.3 is 31.1 Å². The van der Waals surface area contributed by atoms with Gasteiger partial charge in [0, 0.05) is 68.4 Å². The van der Waals surface area contributed by atoms with Crippen molar-refractivity contribution in [2.24, 2.45) is 11.8 Å². The fourth-order valence-corrected chi connectivity index (χ4v) is 6.99. The fourth-order valence-electron chi connectivity index (χ4n) is 6.99. The Morgan fingerprint density at radius 2 is 1.58 bits per heavy atom. The zero-order chi connectivity index (χ0) is 37.2. The molecule has 2 fully saturated rings. The lowest BCUT2D eigenvalue weighted by Gasteiger charge is -2.34. The second-order valence-electron chi connectivity index (χ2n) is 13.6. The molecule has 1 aliphatic heterocycles. The summed E-state index contributed by atoms with van der Waals surface area (Å²) < 4.78 is 0. The van der Waals surface area contributed by atoms with Gasteiger partial charge in [-0.05, 0) is 89.9 Å². The Morgan fingerprint density at radius 1 is 0.868 bits per heavy atom. The fraction of sp³-hybridized carbons (Fsp3) is 0.395. The second-order valence-corrected chi connectivity index (χ2v) is 13.6. The highest BCUT2D eigenvalue weighted by Crippen LogP contribution is 2.29. The maximum Gasteiger partial charge on any atom is 0.404 e. The molecule has 6 N–H and O–H groups in total. The Kier molecular flexibility index (Phi) is 12.4. The SMILES string of the molecule is O=C(O)NCC1CCC(C(=O)N[C@@H](Cc2cccc(-c3ccc(C(=O)N4CCN(CCO)CC4)cc3)c2)C(=O)Nc2ccc(-c3nn[nH]n3)cc2)CC1. The van der Waals surface area contributed by atoms with Crippen LogP contribution in [0.2, 0.25) is 0 Å². The lowest BCUT2D eigenvalue weighted by atomic mass is 9.81. The molecule has 0 radical (unpaired) electrons. The largest absolute Gasteiger partial charge is 0.465 e. The minimum Gasteiger partial charge on any atom is -0.465 e. The molecule has 1 aromatic heterocycles. The molecule has 53 heavy (non-hydrogen) atoms. The zero-order valence-electron chi connectivity index (χ0n) is 29.4. The molecule has 1 saturated carbocycles. The molecular weight excluding hydrogens is 678 g/mol. The number of carboxylic acid groups (broad SMARTS) is 1. The molecule has 4 amide bonds. The van der Waals surface area contributed by atoms with Gasteiger partial charge in [0.15, 0.2) is 0 Å². The number of amides is 4. The summed E-state index contributed by atoms with van der Waals surface area (Å²) in [5.41, 5.74) is 4.55. The third kappa shape index (κ3) is 10.0. The van der Waals surface area contributed by atoms with Crippen LogP contribution in [0, 0.1) is 11.8 Å². The standard InChI is InChI=1S/C38H45N9O6/c48-21-20-46-16-18-47(19-17-46)37(51)30-10-8-27(9-11-30)31-3-1-2-26(22-31)23-33(41-35(49)29-6-4-25(5-7-29)24-39-38(52)53)36(50)40-32-14-12-28(13-15-32)34-42-44-45-43-34/h1-3,8-15,22,25,29,33,39,48H,4-7,16-21,23-24H2,(H,40,50)(H,41,49)(H,52,53)(H,42,43,44,45)/t25?,29?,33-/m0/s1. The number of hydrogen-bond acceptors (Lipinski definition) is 9. The van der Waals surface area contributed by atoms with Crippen LogP contribution >= 0.6 is 0 Å². The van der Waals surface area contributed by atoms with E-state index in [4.69, 9.17) is 5.11 Å². The van der Waals surface area contributed by atoms with E-state index in [0.29, 0.717) is 56.1 Å². The van der Waals surface area contributed by atoms with E-state index in [1.807, 2.05) is 53.4 Å². The van der Waals surface area contributed by atoms with Crippen molar-refractivity contribution >= 4 is 29.5 Å². The van der Waals surface area contributed by atoms with Gasteiger partial charge in [-0.1, -0.05) is 36.4 Å². The van der Waals surface area contributed by atoms with Gasteiger partial charge in [-0.3, -0.25) is 19.3 Å². The Hall–Kier alpha value is -5.67. The molecule has 1 aliphatic carbocycles. The molecule has 1 saturated heterocycles. The zero-order valence-corrected chi connectivity index (χ0v) is 29.4. The highest BCUT2D eigenvalue weighted by Gasteiger charge is 2.30. The van der Waals surface area contributed by atoms with Gasteiger partial charge in [-0.25, -0.2) is 4.79 Å². The van der Waals surface area contributed by atoms with E-state index in [0.717, 1.165) is 48.2 Å². The number of piperazine rings is 1. The van der Waals surface area contributed by atoms with E-state index in [1.54, 1.807) is 24.3 Å². The Bertz CT molecular complexity index is 1840. The van der Waals surface area contributed by atoms with Crippen LogP contribution in [-0.4, -0.2) is 116 Å². The molecule has 15 nitrogen and oxygen atoms in total. The molecule has 0 unspecified atom stereocenters. The number of aromatic amines is 1. The first-order chi connectivity index (χ1) is 25.7. The number of rotatable bonds is 13. The van der Waals surface area contributed by atoms with Gasteiger partial charge in [-0.2, -0.15) is 5.21 Å². The van der Waals surface area contributed by atoms with Crippen molar-refractivity contribution in [3.8, 4) is 22.5 Å². The summed E-state index contributed by atoms with van der Waals surface area (Å²) in [6, 6.07) is 21.4. The van der Waals surface area contributed by atoms with Crippen molar-refractivity contribution in [2.45, 2.75) is 38.1 Å². The monoisotopic (exact) mass is 723 g/mol. The normalized spacial score (nSPS) is 18.2. The van der Waals surface area contributed by atoms with E-state index in [1.165, 1.54) is 0 Å². The van der Waals surface area contributed by atoms with E-state index >= 15 is 0 Å². The van der Waals surface area contributed by atoms with Gasteiger partial charge in [0.1, 0.15) is 6.04 Å². The van der Waals surface area contributed by atoms with Crippen LogP contribution in [-0.2, 0) is 16.0 Å². The Labute approximate surface area is 307 Å². The number of nitrogens with zero attached hydrogens (tertiary/aromatic N) is 5. The highest BCUT2D eigenvalue weighted by molar-refractivity contribution is 5.98. The van der Waals surface area contributed by atoms with E-state index < -0.39 is 12.1 Å². The predicted octanol–water partition coefficient (Wildman–Crippen LogP) is 3.02. The summed E-state index contributed by atoms with van der Waals surface area (Å²) in [4.78, 5) is 55.5. The average Bonchev–Trinajstić information content (AvgIpc) is 3.73. The quantitative estimate of drug-likeness (QED) is 0.119. The number of anilines is 1. The van der Waals surface area contributed by atoms with Gasteiger partial charge >= 0.3 is 6.09 Å². The number of H-pyrrole nitrogens is 1. The Morgan fingerprint density at radius 3 is 2.25 bits per heavy atom. The summed E-state index contributed by atoms with van der Waals surface area (Å²) >= 11 is 0. The first-order valence-corrected chi connectivity index (χ1v) is 18.0. The molecule has 0 bridgehead atoms. The van der Waals surface area contributed by atoms with Gasteiger partial charge in [0.2, 0.25) is 17.6 Å². The molecule has 0 spiro atoms. The van der Waals surface area contributed by atoms with E-state index in [2.05, 4.69) is 41.5 Å². The highest BCUT2D eigenvalue weighted by atomic mass is 16.4. The summed E-state index contributed by atoms with van der Waals surface area (Å²) in [5, 5.41) is 40.5. The number of carbonyl (C=O) groups excluding carboxylic acids is 3. The van der Waals surface area contributed by atoms with Crippen LogP contribution in [0.4, 0.5) is 10.5 Å². The van der Waals surface area contributed by atoms with Crippen LogP contribution in [0.25, 0.3) is 22.5 Å². The van der Waals surface area contributed by atoms with Crippen molar-refractivity contribution in [2.75, 3.05) is 51.2 Å². The number of aliphatic hydroxyl groups excluding tert-OH is 1. The average molecular weight is 724 g/mol. The number of aliphatic hydroxyl groups is 1. The number of β-amino-alcohol motifs (C(OH)–C–C–N with tert-alkyl or cyclic N) is 1. The van der Waals surface area contributed by atoms with Crippen LogP contribution < -0.4 is 16.0 Å². The van der Waals surface area contributed by atoms with Gasteiger partial charge in [0.25, 0.3) is 5.91 Å². The number of benzene rings is 3. The third-order valence-electron chi connectivity index (χ3n) is 10.1. The summed E-state index contributed by atoms with van der Waals surface area (Å²) in [6.07, 6.45) is 1.84. The van der Waals surface area contributed by atoms with Crippen LogP contribution in [0.5, 0.6) is 0 Å². The number of hydrogen-bond donors (Lipinski definition) is 6. The van der Waals surface area contributed by atoms with E-state index in [9.17, 15) is 24.3 Å². The molecule has 2 heterocycles. The van der Waals surface area contributed by atoms with Crippen molar-refractivity contribution in [1.29, 1.82) is 0 Å². The minimum atomic E-state index is -1.06. The molecule has 278 valence electrons. The predicted molar refractivity (Wildman–Crippen MR) is 197 cm³/mol. The second kappa shape index (κ2) is 17.7. The van der Waals surface area contributed by atoms with E-state index in [-0.39, 0.29) is 42.6 Å². The van der Waals surface area contributed by atoms with Crippen LogP contribution in [0.1, 0.15) is 41.6 Å². The van der Waals surface area contributed by atoms with Gasteiger partial charge in [0.05, 0.1) is 6.61 Å². The summed E-state index contributed by atoms with van der Waals surface area (Å²) in [6.45, 7) is 3.78. The first kappa shape index (κ1) is 37.1. The molecule has 2 aliphatic rings. The number of aromatic nitrogens is 4. The molecule has 3 aromatic carbocycles. The maximum atomic E-state index is 13.8. The van der Waals surface area contributed by atoms with Crippen LogP contribution in [0.15, 0.2) is 72.8 Å². The van der Waals surface area contributed by atoms with Crippen molar-refractivity contribution in [3.63, 3.8) is 0 Å². The number of tetrazole rings is 1. The number of carbonyl (C=O) groups is 4. The smallest absolute Gasteiger partial charge is 0.404 e. The summed E-state index contributed by atoms with van der Waals surface area (Å²) in [7, 11) is 0. The van der Waals surface area contributed by atoms with Crippen molar-refractivity contribution < 1.29 is 29.4 Å². The Balaban J connectivity index is 1.13. The molecule has 4 aromatic rings. The van der Waals surface area contributed by atoms with Crippen molar-refractivity contribution in [1.82, 2.24) is 41.1 Å².